The van der Waals surface area contributed by atoms with Crippen LogP contribution in [0.3, 0.4) is 0 Å². The number of nitrogens with zero attached hydrogens (tertiary/aromatic N) is 3. The Morgan fingerprint density at radius 2 is 1.57 bits per heavy atom. The summed E-state index contributed by atoms with van der Waals surface area (Å²) in [7, 11) is 0. The second-order valence-corrected chi connectivity index (χ2v) is 14.9. The van der Waals surface area contributed by atoms with Gasteiger partial charge in [-0.15, -0.1) is 0 Å². The van der Waals surface area contributed by atoms with Crippen molar-refractivity contribution in [3.05, 3.63) is 34.9 Å². The van der Waals surface area contributed by atoms with Crippen LogP contribution in [0.25, 0.3) is 0 Å². The lowest BCUT2D eigenvalue weighted by atomic mass is 9.87. The van der Waals surface area contributed by atoms with Crippen LogP contribution in [0.5, 0.6) is 0 Å². The molecule has 1 aromatic rings. The minimum atomic E-state index is -0.837. The molecule has 1 N–H and O–H groups in total. The Balaban J connectivity index is 1.68. The number of carbonyl (C=O) groups is 3. The molecule has 4 atom stereocenters. The number of hydrogen-bond acceptors (Lipinski definition) is 4. The van der Waals surface area contributed by atoms with Crippen LogP contribution in [0.4, 0.5) is 4.39 Å². The number of likely N-dealkylation sites (N-methyl/N-ethyl adjacent to an activating group) is 1. The van der Waals surface area contributed by atoms with Gasteiger partial charge in [0.15, 0.2) is 0 Å². The highest BCUT2D eigenvalue weighted by molar-refractivity contribution is 6.30. The van der Waals surface area contributed by atoms with Crippen LogP contribution in [-0.4, -0.2) is 88.4 Å². The van der Waals surface area contributed by atoms with Crippen molar-refractivity contribution in [2.75, 3.05) is 26.2 Å². The molecule has 0 unspecified atom stereocenters. The van der Waals surface area contributed by atoms with E-state index in [4.69, 9.17) is 11.6 Å². The van der Waals surface area contributed by atoms with E-state index in [0.717, 1.165) is 12.1 Å². The van der Waals surface area contributed by atoms with Gasteiger partial charge in [-0.3, -0.25) is 19.3 Å². The molecule has 0 spiro atoms. The van der Waals surface area contributed by atoms with Crippen molar-refractivity contribution in [2.45, 2.75) is 116 Å². The number of carbonyl (C=O) groups excluding carboxylic acids is 3. The predicted octanol–water partition coefficient (Wildman–Crippen LogP) is 5.41. The molecule has 42 heavy (non-hydrogen) atoms. The standard InChI is InChI=1S/C33H50ClFN4O3/c1-8-36-29(40)28-17-25(39(31(42)32(2,3)4)24-15-13-23(35)14-16-24)18-38(28)30(41)27-20-37(33(5,6)7)19-26(27)21-9-11-22(34)12-10-21/h9-12,23-28H,8,13-20H2,1-7H3,(H,36,40)/t23?,24?,25-,26-,27+,28-/m0/s1. The lowest BCUT2D eigenvalue weighted by molar-refractivity contribution is -0.146. The van der Waals surface area contributed by atoms with Gasteiger partial charge < -0.3 is 15.1 Å². The number of alkyl halides is 1. The number of halogens is 2. The molecular formula is C33H50ClFN4O3. The Morgan fingerprint density at radius 1 is 0.952 bits per heavy atom. The first-order chi connectivity index (χ1) is 19.6. The van der Waals surface area contributed by atoms with E-state index in [0.29, 0.717) is 56.8 Å². The lowest BCUT2D eigenvalue weighted by Crippen LogP contribution is -2.53. The van der Waals surface area contributed by atoms with Gasteiger partial charge in [-0.2, -0.15) is 0 Å². The summed E-state index contributed by atoms with van der Waals surface area (Å²) < 4.78 is 14.1. The molecule has 2 heterocycles. The van der Waals surface area contributed by atoms with Crippen LogP contribution in [-0.2, 0) is 14.4 Å². The summed E-state index contributed by atoms with van der Waals surface area (Å²) in [6.45, 7) is 16.1. The fourth-order valence-electron chi connectivity index (χ4n) is 6.99. The van der Waals surface area contributed by atoms with E-state index in [-0.39, 0.29) is 47.2 Å². The Kier molecular flexibility index (Phi) is 9.98. The second kappa shape index (κ2) is 12.8. The summed E-state index contributed by atoms with van der Waals surface area (Å²) in [5.41, 5.74) is 0.295. The monoisotopic (exact) mass is 604 g/mol. The Morgan fingerprint density at radius 3 is 2.12 bits per heavy atom. The van der Waals surface area contributed by atoms with Crippen molar-refractivity contribution in [1.82, 2.24) is 20.0 Å². The molecule has 0 aromatic heterocycles. The van der Waals surface area contributed by atoms with Gasteiger partial charge in [0.25, 0.3) is 0 Å². The fourth-order valence-corrected chi connectivity index (χ4v) is 7.12. The third-order valence-corrected chi connectivity index (χ3v) is 9.64. The molecule has 7 nitrogen and oxygen atoms in total. The molecule has 2 saturated heterocycles. The molecule has 1 aliphatic carbocycles. The third kappa shape index (κ3) is 7.12. The first-order valence-electron chi connectivity index (χ1n) is 15.7. The molecule has 3 aliphatic rings. The van der Waals surface area contributed by atoms with E-state index >= 15 is 0 Å². The lowest BCUT2D eigenvalue weighted by Gasteiger charge is -2.42. The van der Waals surface area contributed by atoms with Crippen molar-refractivity contribution in [3.8, 4) is 0 Å². The number of amides is 3. The summed E-state index contributed by atoms with van der Waals surface area (Å²) in [6, 6.07) is 6.67. The van der Waals surface area contributed by atoms with Gasteiger partial charge in [-0.05, 0) is 77.5 Å². The van der Waals surface area contributed by atoms with E-state index in [1.54, 1.807) is 4.90 Å². The summed E-state index contributed by atoms with van der Waals surface area (Å²) in [6.07, 6.45) is 1.61. The van der Waals surface area contributed by atoms with Gasteiger partial charge in [-0.1, -0.05) is 44.5 Å². The van der Waals surface area contributed by atoms with Crippen molar-refractivity contribution in [2.24, 2.45) is 11.3 Å². The zero-order valence-electron chi connectivity index (χ0n) is 26.5. The van der Waals surface area contributed by atoms with Crippen molar-refractivity contribution in [3.63, 3.8) is 0 Å². The molecule has 0 bridgehead atoms. The zero-order valence-corrected chi connectivity index (χ0v) is 27.2. The maximum Gasteiger partial charge on any atom is 0.242 e. The van der Waals surface area contributed by atoms with Crippen LogP contribution in [0.15, 0.2) is 24.3 Å². The first kappa shape index (κ1) is 32.7. The average Bonchev–Trinajstić information content (AvgIpc) is 3.55. The molecule has 4 rings (SSSR count). The van der Waals surface area contributed by atoms with Gasteiger partial charge >= 0.3 is 0 Å². The van der Waals surface area contributed by atoms with Crippen molar-refractivity contribution >= 4 is 29.3 Å². The molecule has 9 heteroatoms. The maximum absolute atomic E-state index is 14.6. The summed E-state index contributed by atoms with van der Waals surface area (Å²) in [5, 5.41) is 3.59. The van der Waals surface area contributed by atoms with Gasteiger partial charge in [-0.25, -0.2) is 4.39 Å². The van der Waals surface area contributed by atoms with Crippen LogP contribution >= 0.6 is 11.6 Å². The highest BCUT2D eigenvalue weighted by atomic mass is 35.5. The SMILES string of the molecule is CCNC(=O)[C@@H]1C[C@H](N(C(=O)C(C)(C)C)C2CCC(F)CC2)CN1C(=O)[C@@H]1CN(C(C)(C)C)C[C@H]1c1ccc(Cl)cc1. The van der Waals surface area contributed by atoms with E-state index in [1.165, 1.54) is 0 Å². The number of benzene rings is 1. The molecule has 2 aliphatic heterocycles. The molecule has 3 amide bonds. The van der Waals surface area contributed by atoms with Crippen LogP contribution in [0, 0.1) is 11.3 Å². The molecule has 0 radical (unpaired) electrons. The largest absolute Gasteiger partial charge is 0.355 e. The minimum Gasteiger partial charge on any atom is -0.355 e. The summed E-state index contributed by atoms with van der Waals surface area (Å²) in [5.74, 6) is -0.615. The van der Waals surface area contributed by atoms with Crippen LogP contribution in [0.1, 0.15) is 92.1 Å². The highest BCUT2D eigenvalue weighted by Gasteiger charge is 2.50. The molecule has 234 valence electrons. The fraction of sp³-hybridized carbons (Fsp3) is 0.727. The van der Waals surface area contributed by atoms with Crippen molar-refractivity contribution in [1.29, 1.82) is 0 Å². The van der Waals surface area contributed by atoms with Gasteiger partial charge in [0.05, 0.1) is 12.0 Å². The Hall–Kier alpha value is -2.19. The second-order valence-electron chi connectivity index (χ2n) is 14.5. The van der Waals surface area contributed by atoms with Crippen LogP contribution in [0.2, 0.25) is 5.02 Å². The van der Waals surface area contributed by atoms with Crippen molar-refractivity contribution < 1.29 is 18.8 Å². The normalized spacial score (nSPS) is 29.0. The smallest absolute Gasteiger partial charge is 0.242 e. The Labute approximate surface area is 256 Å². The van der Waals surface area contributed by atoms with Gasteiger partial charge in [0, 0.05) is 54.1 Å². The first-order valence-corrected chi connectivity index (χ1v) is 16.0. The van der Waals surface area contributed by atoms with Gasteiger partial charge in [0.1, 0.15) is 12.2 Å². The molecular weight excluding hydrogens is 555 g/mol. The van der Waals surface area contributed by atoms with E-state index in [9.17, 15) is 18.8 Å². The zero-order chi connectivity index (χ0) is 31.0. The summed E-state index contributed by atoms with van der Waals surface area (Å²) >= 11 is 6.20. The van der Waals surface area contributed by atoms with E-state index < -0.39 is 17.6 Å². The predicted molar refractivity (Wildman–Crippen MR) is 165 cm³/mol. The Bertz CT molecular complexity index is 1120. The maximum atomic E-state index is 14.6. The summed E-state index contributed by atoms with van der Waals surface area (Å²) in [4.78, 5) is 48.0. The number of hydrogen-bond donors (Lipinski definition) is 1. The molecule has 1 saturated carbocycles. The van der Waals surface area contributed by atoms with E-state index in [1.807, 2.05) is 56.9 Å². The number of likely N-dealkylation sites (tertiary alicyclic amines) is 2. The molecule has 1 aromatic carbocycles. The van der Waals surface area contributed by atoms with Gasteiger partial charge in [0.2, 0.25) is 17.7 Å². The molecule has 3 fully saturated rings. The number of rotatable bonds is 6. The van der Waals surface area contributed by atoms with E-state index in [2.05, 4.69) is 31.0 Å². The number of nitrogens with one attached hydrogen (secondary N) is 1. The third-order valence-electron chi connectivity index (χ3n) is 9.39. The topological polar surface area (TPSA) is 73.0 Å². The van der Waals surface area contributed by atoms with Crippen LogP contribution < -0.4 is 5.32 Å². The quantitative estimate of drug-likeness (QED) is 0.471. The highest BCUT2D eigenvalue weighted by Crippen LogP contribution is 2.40. The minimum absolute atomic E-state index is 0.00225. The average molecular weight is 605 g/mol.